The summed E-state index contributed by atoms with van der Waals surface area (Å²) in [5.74, 6) is 2.63. The molecular weight excluding hydrogens is 236 g/mol. The van der Waals surface area contributed by atoms with Crippen LogP contribution in [-0.4, -0.2) is 22.9 Å². The van der Waals surface area contributed by atoms with Crippen LogP contribution in [0.4, 0.5) is 0 Å². The van der Waals surface area contributed by atoms with E-state index in [-0.39, 0.29) is 0 Å². The van der Waals surface area contributed by atoms with E-state index in [4.69, 9.17) is 0 Å². The largest absolute Gasteiger partial charge is 0.507 e. The van der Waals surface area contributed by atoms with Gasteiger partial charge in [-0.05, 0) is 23.8 Å². The van der Waals surface area contributed by atoms with E-state index in [0.29, 0.717) is 5.75 Å². The second-order valence-electron chi connectivity index (χ2n) is 3.47. The fourth-order valence-corrected chi connectivity index (χ4v) is 3.33. The Morgan fingerprint density at radius 2 is 1.75 bits per heavy atom. The van der Waals surface area contributed by atoms with Gasteiger partial charge < -0.3 is 5.11 Å². The Bertz CT molecular complexity index is 482. The molecule has 0 aliphatic carbocycles. The first-order chi connectivity index (χ1) is 7.83. The topological polar surface area (TPSA) is 20.2 Å². The van der Waals surface area contributed by atoms with Crippen molar-refractivity contribution in [2.75, 3.05) is 17.8 Å². The van der Waals surface area contributed by atoms with Crippen LogP contribution in [0.5, 0.6) is 5.75 Å². The summed E-state index contributed by atoms with van der Waals surface area (Å²) >= 11 is 3.71. The van der Waals surface area contributed by atoms with Gasteiger partial charge >= 0.3 is 0 Å². The third kappa shape index (κ3) is 2.47. The first-order valence-corrected chi connectivity index (χ1v) is 7.53. The van der Waals surface area contributed by atoms with Crippen LogP contribution in [0, 0.1) is 0 Å². The molecule has 3 heteroatoms. The second-order valence-corrected chi connectivity index (χ2v) is 5.59. The molecule has 2 aromatic carbocycles. The van der Waals surface area contributed by atoms with E-state index >= 15 is 0 Å². The minimum absolute atomic E-state index is 0.366. The van der Waals surface area contributed by atoms with Gasteiger partial charge in [-0.25, -0.2) is 0 Å². The van der Waals surface area contributed by atoms with E-state index in [9.17, 15) is 5.11 Å². The lowest BCUT2D eigenvalue weighted by atomic mass is 10.1. The molecule has 2 aromatic rings. The molecule has 0 saturated heterocycles. The van der Waals surface area contributed by atoms with Crippen molar-refractivity contribution in [2.45, 2.75) is 4.90 Å². The van der Waals surface area contributed by atoms with Gasteiger partial charge in [0.2, 0.25) is 0 Å². The molecule has 0 aliphatic rings. The summed E-state index contributed by atoms with van der Waals surface area (Å²) in [4.78, 5) is 1.25. The molecule has 0 spiro atoms. The van der Waals surface area contributed by atoms with Crippen LogP contribution in [-0.2, 0) is 0 Å². The lowest BCUT2D eigenvalue weighted by Gasteiger charge is -2.07. The Kier molecular flexibility index (Phi) is 4.02. The van der Waals surface area contributed by atoms with Crippen LogP contribution < -0.4 is 0 Å². The molecule has 0 amide bonds. The maximum atomic E-state index is 9.75. The standard InChI is InChI=1S/C13H14OS2/c1-15-8-9-16-13-7-6-12(14)10-4-2-3-5-11(10)13/h2-7,14H,8-9H2,1H3. The van der Waals surface area contributed by atoms with Crippen molar-refractivity contribution in [3.8, 4) is 5.75 Å². The number of hydrogen-bond acceptors (Lipinski definition) is 3. The van der Waals surface area contributed by atoms with Crippen molar-refractivity contribution >= 4 is 34.3 Å². The molecule has 0 aliphatic heterocycles. The van der Waals surface area contributed by atoms with E-state index in [2.05, 4.69) is 12.3 Å². The zero-order valence-electron chi connectivity index (χ0n) is 9.14. The molecule has 1 N–H and O–H groups in total. The fraction of sp³-hybridized carbons (Fsp3) is 0.231. The van der Waals surface area contributed by atoms with E-state index < -0.39 is 0 Å². The second kappa shape index (κ2) is 5.51. The van der Waals surface area contributed by atoms with Gasteiger partial charge in [0, 0.05) is 21.8 Å². The summed E-state index contributed by atoms with van der Waals surface area (Å²) in [6.07, 6.45) is 2.12. The molecule has 0 atom stereocenters. The van der Waals surface area contributed by atoms with Crippen LogP contribution in [0.1, 0.15) is 0 Å². The SMILES string of the molecule is CSCCSc1ccc(O)c2ccccc12. The van der Waals surface area contributed by atoms with Gasteiger partial charge in [0.1, 0.15) is 5.75 Å². The highest BCUT2D eigenvalue weighted by Crippen LogP contribution is 2.33. The summed E-state index contributed by atoms with van der Waals surface area (Å²) in [7, 11) is 0. The highest BCUT2D eigenvalue weighted by Gasteiger charge is 2.04. The summed E-state index contributed by atoms with van der Waals surface area (Å²) in [6.45, 7) is 0. The molecule has 84 valence electrons. The Labute approximate surface area is 104 Å². The van der Waals surface area contributed by atoms with Gasteiger partial charge in [-0.15, -0.1) is 11.8 Å². The molecule has 0 radical (unpaired) electrons. The van der Waals surface area contributed by atoms with Crippen molar-refractivity contribution in [1.29, 1.82) is 0 Å². The maximum absolute atomic E-state index is 9.75. The molecule has 0 fully saturated rings. The molecule has 2 rings (SSSR count). The van der Waals surface area contributed by atoms with Crippen molar-refractivity contribution < 1.29 is 5.11 Å². The average molecular weight is 250 g/mol. The predicted octanol–water partition coefficient (Wildman–Crippen LogP) is 4.00. The Hall–Kier alpha value is -0.800. The van der Waals surface area contributed by atoms with Gasteiger partial charge in [-0.2, -0.15) is 11.8 Å². The van der Waals surface area contributed by atoms with Crippen LogP contribution in [0.3, 0.4) is 0 Å². The first kappa shape index (κ1) is 11.7. The first-order valence-electron chi connectivity index (χ1n) is 5.15. The summed E-state index contributed by atoms with van der Waals surface area (Å²) in [5.41, 5.74) is 0. The van der Waals surface area contributed by atoms with E-state index in [1.165, 1.54) is 4.90 Å². The zero-order valence-corrected chi connectivity index (χ0v) is 10.8. The zero-order chi connectivity index (χ0) is 11.4. The Balaban J connectivity index is 2.35. The number of hydrogen-bond donors (Lipinski definition) is 1. The molecule has 0 aromatic heterocycles. The Morgan fingerprint density at radius 1 is 1.00 bits per heavy atom. The minimum atomic E-state index is 0.366. The third-order valence-electron chi connectivity index (χ3n) is 2.41. The van der Waals surface area contributed by atoms with Gasteiger partial charge in [-0.3, -0.25) is 0 Å². The fourth-order valence-electron chi connectivity index (χ4n) is 1.62. The number of benzene rings is 2. The number of phenols is 1. The lowest BCUT2D eigenvalue weighted by Crippen LogP contribution is -1.84. The molecule has 16 heavy (non-hydrogen) atoms. The summed E-state index contributed by atoms with van der Waals surface area (Å²) < 4.78 is 0. The third-order valence-corrected chi connectivity index (χ3v) is 4.35. The smallest absolute Gasteiger partial charge is 0.123 e. The summed E-state index contributed by atoms with van der Waals surface area (Å²) in [5, 5.41) is 11.8. The predicted molar refractivity (Wildman–Crippen MR) is 74.7 cm³/mol. The quantitative estimate of drug-likeness (QED) is 0.654. The van der Waals surface area contributed by atoms with Crippen molar-refractivity contribution in [2.24, 2.45) is 0 Å². The lowest BCUT2D eigenvalue weighted by molar-refractivity contribution is 0.481. The van der Waals surface area contributed by atoms with Gasteiger partial charge in [-0.1, -0.05) is 24.3 Å². The van der Waals surface area contributed by atoms with Crippen molar-refractivity contribution in [3.63, 3.8) is 0 Å². The number of thioether (sulfide) groups is 2. The van der Waals surface area contributed by atoms with Crippen LogP contribution >= 0.6 is 23.5 Å². The number of fused-ring (bicyclic) bond motifs is 1. The highest BCUT2D eigenvalue weighted by atomic mass is 32.2. The van der Waals surface area contributed by atoms with Gasteiger partial charge in [0.25, 0.3) is 0 Å². The normalized spacial score (nSPS) is 10.8. The van der Waals surface area contributed by atoms with Crippen molar-refractivity contribution in [3.05, 3.63) is 36.4 Å². The number of aromatic hydroxyl groups is 1. The maximum Gasteiger partial charge on any atom is 0.123 e. The molecule has 0 bridgehead atoms. The number of phenolic OH excluding ortho intramolecular Hbond substituents is 1. The summed E-state index contributed by atoms with van der Waals surface area (Å²) in [6, 6.07) is 11.8. The molecule has 0 heterocycles. The minimum Gasteiger partial charge on any atom is -0.507 e. The van der Waals surface area contributed by atoms with E-state index in [1.54, 1.807) is 6.07 Å². The molecule has 1 nitrogen and oxygen atoms in total. The van der Waals surface area contributed by atoms with Crippen LogP contribution in [0.2, 0.25) is 0 Å². The van der Waals surface area contributed by atoms with Crippen molar-refractivity contribution in [1.82, 2.24) is 0 Å². The van der Waals surface area contributed by atoms with Gasteiger partial charge in [0.15, 0.2) is 0 Å². The average Bonchev–Trinajstić information content (AvgIpc) is 2.33. The number of rotatable bonds is 4. The molecule has 0 saturated carbocycles. The van der Waals surface area contributed by atoms with Crippen LogP contribution in [0.25, 0.3) is 10.8 Å². The molecule has 0 unspecified atom stereocenters. The van der Waals surface area contributed by atoms with E-state index in [0.717, 1.165) is 22.3 Å². The molecular formula is C13H14OS2. The van der Waals surface area contributed by atoms with E-state index in [1.807, 2.05) is 47.8 Å². The monoisotopic (exact) mass is 250 g/mol. The van der Waals surface area contributed by atoms with Crippen LogP contribution in [0.15, 0.2) is 41.3 Å². The Morgan fingerprint density at radius 3 is 2.50 bits per heavy atom. The van der Waals surface area contributed by atoms with Gasteiger partial charge in [0.05, 0.1) is 0 Å². The highest BCUT2D eigenvalue weighted by molar-refractivity contribution is 8.02.